The van der Waals surface area contributed by atoms with E-state index < -0.39 is 10.0 Å². The van der Waals surface area contributed by atoms with Crippen molar-refractivity contribution in [2.75, 3.05) is 7.11 Å². The number of nitrogens with zero attached hydrogens (tertiary/aromatic N) is 1. The minimum Gasteiger partial charge on any atom is -0.497 e. The number of methoxy groups -OCH3 is 1. The van der Waals surface area contributed by atoms with Gasteiger partial charge in [-0.1, -0.05) is 48.0 Å². The topological polar surface area (TPSA) is 46.6 Å². The predicted molar refractivity (Wildman–Crippen MR) is 110 cm³/mol. The zero-order chi connectivity index (χ0) is 20.0. The number of hydrogen-bond donors (Lipinski definition) is 0. The van der Waals surface area contributed by atoms with Crippen LogP contribution in [-0.4, -0.2) is 19.8 Å². The van der Waals surface area contributed by atoms with Crippen LogP contribution in [0.25, 0.3) is 0 Å². The number of rotatable bonds is 5. The van der Waals surface area contributed by atoms with Gasteiger partial charge in [0.05, 0.1) is 18.6 Å². The van der Waals surface area contributed by atoms with E-state index in [0.29, 0.717) is 5.56 Å². The second-order valence-electron chi connectivity index (χ2n) is 6.28. The number of benzene rings is 3. The van der Waals surface area contributed by atoms with Crippen LogP contribution in [0.5, 0.6) is 5.75 Å². The molecule has 3 aromatic rings. The van der Waals surface area contributed by atoms with Crippen molar-refractivity contribution >= 4 is 10.0 Å². The lowest BCUT2D eigenvalue weighted by Crippen LogP contribution is -2.26. The molecule has 5 heteroatoms. The van der Waals surface area contributed by atoms with Gasteiger partial charge >= 0.3 is 0 Å². The van der Waals surface area contributed by atoms with Crippen LogP contribution in [0.15, 0.2) is 83.8 Å². The lowest BCUT2D eigenvalue weighted by Gasteiger charge is -2.18. The lowest BCUT2D eigenvalue weighted by molar-refractivity contribution is 0.415. The molecule has 0 amide bonds. The van der Waals surface area contributed by atoms with Crippen LogP contribution in [0.4, 0.5) is 0 Å². The van der Waals surface area contributed by atoms with Crippen molar-refractivity contribution in [3.05, 3.63) is 95.6 Å². The normalized spacial score (nSPS) is 10.6. The molecule has 3 rings (SSSR count). The molecule has 0 N–H and O–H groups in total. The van der Waals surface area contributed by atoms with Crippen LogP contribution in [0.3, 0.4) is 0 Å². The fourth-order valence-electron chi connectivity index (χ4n) is 2.57. The molecule has 0 aliphatic rings. The van der Waals surface area contributed by atoms with E-state index in [2.05, 4.69) is 12.0 Å². The molecule has 28 heavy (non-hydrogen) atoms. The minimum absolute atomic E-state index is 0.167. The Morgan fingerprint density at radius 1 is 0.893 bits per heavy atom. The summed E-state index contributed by atoms with van der Waals surface area (Å²) in [7, 11) is -2.17. The molecule has 4 nitrogen and oxygen atoms in total. The Morgan fingerprint density at radius 3 is 2.14 bits per heavy atom. The molecule has 0 radical (unpaired) electrons. The van der Waals surface area contributed by atoms with Crippen LogP contribution in [0.2, 0.25) is 0 Å². The van der Waals surface area contributed by atoms with Gasteiger partial charge in [0.25, 0.3) is 10.0 Å². The zero-order valence-corrected chi connectivity index (χ0v) is 16.6. The molecule has 142 valence electrons. The highest BCUT2D eigenvalue weighted by Gasteiger charge is 2.22. The molecule has 0 heterocycles. The van der Waals surface area contributed by atoms with E-state index in [1.807, 2.05) is 37.3 Å². The Hall–Kier alpha value is -3.23. The number of sulfonamides is 1. The molecule has 0 fully saturated rings. The Morgan fingerprint density at radius 2 is 1.54 bits per heavy atom. The molecule has 0 aromatic heterocycles. The summed E-state index contributed by atoms with van der Waals surface area (Å²) < 4.78 is 32.7. The van der Waals surface area contributed by atoms with Gasteiger partial charge in [-0.15, -0.1) is 0 Å². The van der Waals surface area contributed by atoms with Crippen molar-refractivity contribution in [1.82, 2.24) is 4.31 Å². The number of ether oxygens (including phenoxy) is 1. The van der Waals surface area contributed by atoms with Crippen molar-refractivity contribution in [3.8, 4) is 17.7 Å². The average molecular weight is 391 g/mol. The largest absolute Gasteiger partial charge is 0.497 e. The zero-order valence-electron chi connectivity index (χ0n) is 15.8. The summed E-state index contributed by atoms with van der Waals surface area (Å²) in [6.07, 6.45) is 0. The summed E-state index contributed by atoms with van der Waals surface area (Å²) in [5.74, 6) is 3.67. The van der Waals surface area contributed by atoms with E-state index in [1.165, 1.54) is 4.31 Å². The second kappa shape index (κ2) is 8.64. The van der Waals surface area contributed by atoms with E-state index >= 15 is 0 Å². The predicted octanol–water partition coefficient (Wildman–Crippen LogP) is 4.20. The fraction of sp³-hybridized carbons (Fsp3) is 0.130. The van der Waals surface area contributed by atoms with Crippen molar-refractivity contribution < 1.29 is 13.2 Å². The second-order valence-corrected chi connectivity index (χ2v) is 8.14. The summed E-state index contributed by atoms with van der Waals surface area (Å²) in [6.45, 7) is 2.09. The van der Waals surface area contributed by atoms with Gasteiger partial charge in [0.1, 0.15) is 5.75 Å². The van der Waals surface area contributed by atoms with Gasteiger partial charge in [-0.3, -0.25) is 0 Å². The maximum atomic E-state index is 13.2. The van der Waals surface area contributed by atoms with Gasteiger partial charge in [0, 0.05) is 11.6 Å². The Balaban J connectivity index is 1.97. The highest BCUT2D eigenvalue weighted by atomic mass is 32.2. The van der Waals surface area contributed by atoms with Crippen LogP contribution in [-0.2, 0) is 16.6 Å². The summed E-state index contributed by atoms with van der Waals surface area (Å²) in [6, 6.07) is 26.2. The Kier molecular flexibility index (Phi) is 6.03. The third kappa shape index (κ3) is 4.73. The van der Waals surface area contributed by atoms with Gasteiger partial charge in [-0.2, -0.15) is 0 Å². The maximum absolute atomic E-state index is 13.2. The van der Waals surface area contributed by atoms with Gasteiger partial charge in [0.2, 0.25) is 0 Å². The van der Waals surface area contributed by atoms with Crippen LogP contribution in [0.1, 0.15) is 16.7 Å². The van der Waals surface area contributed by atoms with Gasteiger partial charge in [0.15, 0.2) is 0 Å². The molecule has 0 saturated carbocycles. The monoisotopic (exact) mass is 391 g/mol. The standard InChI is InChI=1S/C23H21NO3S/c1-19-8-14-23(15-9-19)28(25,26)24(18-21-6-4-3-5-7-21)17-16-20-10-12-22(27-2)13-11-20/h3-15H,18H2,1-2H3. The molecule has 3 aromatic carbocycles. The van der Waals surface area contributed by atoms with Crippen LogP contribution in [0, 0.1) is 18.9 Å². The van der Waals surface area contributed by atoms with Crippen LogP contribution < -0.4 is 4.74 Å². The van der Waals surface area contributed by atoms with Gasteiger partial charge in [-0.05, 0) is 54.8 Å². The molecule has 0 unspecified atom stereocenters. The van der Waals surface area contributed by atoms with E-state index in [4.69, 9.17) is 4.74 Å². The van der Waals surface area contributed by atoms with E-state index in [0.717, 1.165) is 16.9 Å². The lowest BCUT2D eigenvalue weighted by atomic mass is 10.2. The summed E-state index contributed by atoms with van der Waals surface area (Å²) >= 11 is 0. The third-order valence-corrected chi connectivity index (χ3v) is 5.86. The Labute approximate surface area is 166 Å². The first-order valence-corrected chi connectivity index (χ1v) is 10.2. The minimum atomic E-state index is -3.76. The van der Waals surface area contributed by atoms with Gasteiger partial charge in [-0.25, -0.2) is 12.7 Å². The summed E-state index contributed by atoms with van der Waals surface area (Å²) in [4.78, 5) is 0.220. The van der Waals surface area contributed by atoms with Crippen molar-refractivity contribution in [3.63, 3.8) is 0 Å². The summed E-state index contributed by atoms with van der Waals surface area (Å²) in [5.41, 5.74) is 2.57. The van der Waals surface area contributed by atoms with Crippen molar-refractivity contribution in [1.29, 1.82) is 0 Å². The first kappa shape index (κ1) is 19.5. The first-order chi connectivity index (χ1) is 13.5. The smallest absolute Gasteiger partial charge is 0.271 e. The highest BCUT2D eigenvalue weighted by Crippen LogP contribution is 2.19. The molecule has 0 atom stereocenters. The van der Waals surface area contributed by atoms with Crippen molar-refractivity contribution in [2.24, 2.45) is 0 Å². The first-order valence-electron chi connectivity index (χ1n) is 8.78. The summed E-state index contributed by atoms with van der Waals surface area (Å²) in [5, 5.41) is 0. The Bertz CT molecular complexity index is 1080. The molecule has 0 aliphatic carbocycles. The molecule has 0 saturated heterocycles. The number of hydrogen-bond acceptors (Lipinski definition) is 3. The molecule has 0 bridgehead atoms. The molecule has 0 spiro atoms. The van der Waals surface area contributed by atoms with E-state index in [-0.39, 0.29) is 11.4 Å². The fourth-order valence-corrected chi connectivity index (χ4v) is 3.79. The highest BCUT2D eigenvalue weighted by molar-refractivity contribution is 7.89. The quantitative estimate of drug-likeness (QED) is 0.484. The number of aryl methyl sites for hydroxylation is 1. The molecular weight excluding hydrogens is 370 g/mol. The molecular formula is C23H21NO3S. The van der Waals surface area contributed by atoms with E-state index in [1.54, 1.807) is 55.6 Å². The average Bonchev–Trinajstić information content (AvgIpc) is 2.72. The van der Waals surface area contributed by atoms with Crippen LogP contribution >= 0.6 is 0 Å². The van der Waals surface area contributed by atoms with Gasteiger partial charge < -0.3 is 4.74 Å². The third-order valence-electron chi connectivity index (χ3n) is 4.19. The maximum Gasteiger partial charge on any atom is 0.271 e. The van der Waals surface area contributed by atoms with E-state index in [9.17, 15) is 8.42 Å². The molecule has 0 aliphatic heterocycles. The van der Waals surface area contributed by atoms with Crippen molar-refractivity contribution in [2.45, 2.75) is 18.4 Å². The SMILES string of the molecule is COc1ccc(C#CN(Cc2ccccc2)S(=O)(=O)c2ccc(C)cc2)cc1.